The number of hydrogen-bond donors (Lipinski definition) is 1. The molecule has 6 nitrogen and oxygen atoms in total. The summed E-state index contributed by atoms with van der Waals surface area (Å²) in [7, 11) is 0. The van der Waals surface area contributed by atoms with Gasteiger partial charge in [0.15, 0.2) is 17.7 Å². The molecule has 0 spiro atoms. The standard InChI is InChI=1S/C16H17FO6/c1-16(2)21-8-11(23-16)13-14(12(18)15(19)22-13)20-7-9-4-3-5-10(17)6-9/h3-6,11,13,18H,7-8H2,1-2H3/t11-,13+/m0/s1. The van der Waals surface area contributed by atoms with Crippen molar-refractivity contribution >= 4 is 5.97 Å². The Kier molecular flexibility index (Phi) is 3.99. The molecule has 1 aromatic rings. The van der Waals surface area contributed by atoms with E-state index in [0.29, 0.717) is 5.56 Å². The summed E-state index contributed by atoms with van der Waals surface area (Å²) >= 11 is 0. The molecule has 0 unspecified atom stereocenters. The highest BCUT2D eigenvalue weighted by atomic mass is 19.1. The van der Waals surface area contributed by atoms with Crippen molar-refractivity contribution in [3.8, 4) is 0 Å². The molecular formula is C16H17FO6. The highest BCUT2D eigenvalue weighted by Crippen LogP contribution is 2.33. The topological polar surface area (TPSA) is 74.2 Å². The van der Waals surface area contributed by atoms with E-state index < -0.39 is 35.5 Å². The molecule has 0 bridgehead atoms. The van der Waals surface area contributed by atoms with Gasteiger partial charge in [0.05, 0.1) is 6.61 Å². The average molecular weight is 324 g/mol. The molecule has 7 heteroatoms. The molecular weight excluding hydrogens is 307 g/mol. The molecule has 3 rings (SSSR count). The minimum Gasteiger partial charge on any atom is -0.499 e. The fourth-order valence-corrected chi connectivity index (χ4v) is 2.51. The van der Waals surface area contributed by atoms with Crippen LogP contribution in [0.5, 0.6) is 0 Å². The van der Waals surface area contributed by atoms with Gasteiger partial charge in [-0.15, -0.1) is 0 Å². The molecule has 23 heavy (non-hydrogen) atoms. The van der Waals surface area contributed by atoms with Crippen molar-refractivity contribution in [2.24, 2.45) is 0 Å². The third-order valence-electron chi connectivity index (χ3n) is 3.57. The van der Waals surface area contributed by atoms with Gasteiger partial charge >= 0.3 is 5.97 Å². The lowest BCUT2D eigenvalue weighted by Gasteiger charge is -2.21. The Morgan fingerprint density at radius 1 is 1.43 bits per heavy atom. The lowest BCUT2D eigenvalue weighted by Crippen LogP contribution is -2.33. The van der Waals surface area contributed by atoms with Crippen LogP contribution in [-0.2, 0) is 30.3 Å². The fraction of sp³-hybridized carbons (Fsp3) is 0.438. The molecule has 2 atom stereocenters. The Morgan fingerprint density at radius 2 is 2.22 bits per heavy atom. The maximum Gasteiger partial charge on any atom is 0.378 e. The summed E-state index contributed by atoms with van der Waals surface area (Å²) < 4.78 is 34.9. The van der Waals surface area contributed by atoms with Crippen molar-refractivity contribution in [2.75, 3.05) is 6.61 Å². The van der Waals surface area contributed by atoms with Crippen molar-refractivity contribution in [3.05, 3.63) is 47.2 Å². The van der Waals surface area contributed by atoms with Crippen LogP contribution in [0.1, 0.15) is 19.4 Å². The molecule has 0 saturated carbocycles. The molecule has 124 valence electrons. The van der Waals surface area contributed by atoms with Gasteiger partial charge in [0.1, 0.15) is 18.5 Å². The Hall–Kier alpha value is -2.12. The van der Waals surface area contributed by atoms with Gasteiger partial charge < -0.3 is 24.1 Å². The normalized spacial score (nSPS) is 26.5. The number of carbonyl (C=O) groups excluding carboxylic acids is 1. The number of cyclic esters (lactones) is 1. The largest absolute Gasteiger partial charge is 0.499 e. The molecule has 2 aliphatic rings. The van der Waals surface area contributed by atoms with Crippen LogP contribution in [0.25, 0.3) is 0 Å². The smallest absolute Gasteiger partial charge is 0.378 e. The summed E-state index contributed by atoms with van der Waals surface area (Å²) in [6.07, 6.45) is -1.47. The maximum atomic E-state index is 13.2. The lowest BCUT2D eigenvalue weighted by atomic mass is 10.1. The summed E-state index contributed by atoms with van der Waals surface area (Å²) in [4.78, 5) is 11.6. The van der Waals surface area contributed by atoms with E-state index in [1.54, 1.807) is 26.0 Å². The molecule has 1 N–H and O–H groups in total. The van der Waals surface area contributed by atoms with E-state index in [4.69, 9.17) is 18.9 Å². The fourth-order valence-electron chi connectivity index (χ4n) is 2.51. The van der Waals surface area contributed by atoms with Crippen molar-refractivity contribution in [3.63, 3.8) is 0 Å². The van der Waals surface area contributed by atoms with Gasteiger partial charge in [0.25, 0.3) is 0 Å². The van der Waals surface area contributed by atoms with E-state index in [-0.39, 0.29) is 19.0 Å². The van der Waals surface area contributed by atoms with Crippen molar-refractivity contribution < 1.29 is 33.2 Å². The number of hydrogen-bond acceptors (Lipinski definition) is 6. The molecule has 1 saturated heterocycles. The van der Waals surface area contributed by atoms with Gasteiger partial charge in [-0.1, -0.05) is 12.1 Å². The van der Waals surface area contributed by atoms with Gasteiger partial charge in [0, 0.05) is 0 Å². The lowest BCUT2D eigenvalue weighted by molar-refractivity contribution is -0.163. The molecule has 1 fully saturated rings. The first-order valence-corrected chi connectivity index (χ1v) is 7.19. The Bertz CT molecular complexity index is 654. The Morgan fingerprint density at radius 3 is 2.87 bits per heavy atom. The predicted molar refractivity (Wildman–Crippen MR) is 75.6 cm³/mol. The van der Waals surface area contributed by atoms with Gasteiger partial charge in [-0.3, -0.25) is 0 Å². The van der Waals surface area contributed by atoms with Crippen molar-refractivity contribution in [1.82, 2.24) is 0 Å². The zero-order chi connectivity index (χ0) is 16.6. The molecule has 0 aromatic heterocycles. The first kappa shape index (κ1) is 15.8. The second-order valence-corrected chi connectivity index (χ2v) is 5.82. The third kappa shape index (κ3) is 3.30. The highest BCUT2D eigenvalue weighted by molar-refractivity contribution is 5.89. The number of aliphatic hydroxyl groups excluding tert-OH is 1. The summed E-state index contributed by atoms with van der Waals surface area (Å²) in [6, 6.07) is 5.84. The van der Waals surface area contributed by atoms with Crippen LogP contribution in [0.15, 0.2) is 35.8 Å². The minimum atomic E-state index is -0.891. The number of aliphatic hydroxyl groups is 1. The van der Waals surface area contributed by atoms with Crippen molar-refractivity contribution in [2.45, 2.75) is 38.4 Å². The van der Waals surface area contributed by atoms with E-state index in [1.807, 2.05) is 0 Å². The summed E-state index contributed by atoms with van der Waals surface area (Å²) in [6.45, 7) is 3.66. The van der Waals surface area contributed by atoms with Crippen LogP contribution in [-0.4, -0.2) is 35.7 Å². The van der Waals surface area contributed by atoms with Crippen LogP contribution in [0.2, 0.25) is 0 Å². The van der Waals surface area contributed by atoms with E-state index in [1.165, 1.54) is 12.1 Å². The maximum absolute atomic E-state index is 13.2. The molecule has 0 radical (unpaired) electrons. The highest BCUT2D eigenvalue weighted by Gasteiger charge is 2.47. The molecule has 1 aromatic carbocycles. The number of carbonyl (C=O) groups is 1. The molecule has 2 heterocycles. The first-order chi connectivity index (χ1) is 10.9. The van der Waals surface area contributed by atoms with Crippen LogP contribution < -0.4 is 0 Å². The second kappa shape index (κ2) is 5.82. The van der Waals surface area contributed by atoms with E-state index in [0.717, 1.165) is 0 Å². The molecule has 0 aliphatic carbocycles. The monoisotopic (exact) mass is 324 g/mol. The Balaban J connectivity index is 1.73. The zero-order valence-electron chi connectivity index (χ0n) is 12.7. The first-order valence-electron chi connectivity index (χ1n) is 7.19. The van der Waals surface area contributed by atoms with Crippen LogP contribution >= 0.6 is 0 Å². The third-order valence-corrected chi connectivity index (χ3v) is 3.57. The minimum absolute atomic E-state index is 0.0126. The molecule has 2 aliphatic heterocycles. The van der Waals surface area contributed by atoms with Crippen LogP contribution in [0.4, 0.5) is 4.39 Å². The van der Waals surface area contributed by atoms with Crippen LogP contribution in [0, 0.1) is 5.82 Å². The number of rotatable bonds is 4. The van der Waals surface area contributed by atoms with E-state index in [9.17, 15) is 14.3 Å². The summed E-state index contributed by atoms with van der Waals surface area (Å²) in [5.74, 6) is -2.69. The second-order valence-electron chi connectivity index (χ2n) is 5.82. The summed E-state index contributed by atoms with van der Waals surface area (Å²) in [5.41, 5.74) is 0.562. The zero-order valence-corrected chi connectivity index (χ0v) is 12.7. The predicted octanol–water partition coefficient (Wildman–Crippen LogP) is 2.19. The van der Waals surface area contributed by atoms with Gasteiger partial charge in [-0.2, -0.15) is 0 Å². The molecule has 0 amide bonds. The Labute approximate surface area is 132 Å². The van der Waals surface area contributed by atoms with Crippen LogP contribution in [0.3, 0.4) is 0 Å². The number of esters is 1. The van der Waals surface area contributed by atoms with E-state index in [2.05, 4.69) is 0 Å². The number of ether oxygens (including phenoxy) is 4. The van der Waals surface area contributed by atoms with E-state index >= 15 is 0 Å². The van der Waals surface area contributed by atoms with Gasteiger partial charge in [-0.25, -0.2) is 9.18 Å². The van der Waals surface area contributed by atoms with Gasteiger partial charge in [0.2, 0.25) is 5.76 Å². The van der Waals surface area contributed by atoms with Crippen molar-refractivity contribution in [1.29, 1.82) is 0 Å². The average Bonchev–Trinajstić information content (AvgIpc) is 2.98. The quantitative estimate of drug-likeness (QED) is 0.856. The summed E-state index contributed by atoms with van der Waals surface area (Å²) in [5, 5.41) is 9.86. The number of benzene rings is 1. The number of halogens is 1. The van der Waals surface area contributed by atoms with Gasteiger partial charge in [-0.05, 0) is 31.5 Å². The SMILES string of the molecule is CC1(C)OC[C@@H]([C@H]2OC(=O)C(O)=C2OCc2cccc(F)c2)O1.